The molecule has 0 N–H and O–H groups in total. The number of nitrogens with zero attached hydrogens (tertiary/aromatic N) is 2. The lowest BCUT2D eigenvalue weighted by molar-refractivity contribution is 0.961. The molecule has 0 radical (unpaired) electrons. The Morgan fingerprint density at radius 1 is 1.21 bits per heavy atom. The van der Waals surface area contributed by atoms with E-state index in [4.69, 9.17) is 23.2 Å². The fourth-order valence-corrected chi connectivity index (χ4v) is 1.69. The third-order valence-corrected chi connectivity index (χ3v) is 2.50. The molecule has 72 valence electrons. The van der Waals surface area contributed by atoms with Crippen molar-refractivity contribution in [3.8, 4) is 0 Å². The fourth-order valence-electron chi connectivity index (χ4n) is 1.27. The number of halogens is 2. The molecular formula is C10H8Cl2N2. The largest absolute Gasteiger partial charge is 0.233 e. The van der Waals surface area contributed by atoms with Gasteiger partial charge in [0.25, 0.3) is 0 Å². The quantitative estimate of drug-likeness (QED) is 0.696. The maximum absolute atomic E-state index is 6.00. The van der Waals surface area contributed by atoms with Crippen LogP contribution in [0.3, 0.4) is 0 Å². The molecule has 0 atom stereocenters. The Balaban J connectivity index is 2.77. The van der Waals surface area contributed by atoms with Gasteiger partial charge in [-0.25, -0.2) is 9.97 Å². The van der Waals surface area contributed by atoms with Gasteiger partial charge in [-0.2, -0.15) is 0 Å². The Morgan fingerprint density at radius 2 is 2.00 bits per heavy atom. The standard InChI is InChI=1S/C10H8Cl2N2/c1-2-9-13-8-5-6(11)3-4-7(8)10(12)14-9/h3-5H,2H2,1H3. The first kappa shape index (κ1) is 9.69. The first-order chi connectivity index (χ1) is 6.70. The normalized spacial score (nSPS) is 10.8. The summed E-state index contributed by atoms with van der Waals surface area (Å²) in [6, 6.07) is 5.41. The minimum Gasteiger partial charge on any atom is -0.233 e. The number of hydrogen-bond donors (Lipinski definition) is 0. The summed E-state index contributed by atoms with van der Waals surface area (Å²) in [7, 11) is 0. The summed E-state index contributed by atoms with van der Waals surface area (Å²) in [6.07, 6.45) is 0.766. The molecule has 0 fully saturated rings. The third-order valence-electron chi connectivity index (χ3n) is 1.97. The van der Waals surface area contributed by atoms with Gasteiger partial charge in [-0.1, -0.05) is 30.1 Å². The molecule has 0 spiro atoms. The van der Waals surface area contributed by atoms with Crippen LogP contribution in [0.15, 0.2) is 18.2 Å². The van der Waals surface area contributed by atoms with Gasteiger partial charge in [0.15, 0.2) is 0 Å². The summed E-state index contributed by atoms with van der Waals surface area (Å²) in [5.74, 6) is 0.741. The molecule has 0 aliphatic rings. The van der Waals surface area contributed by atoms with Gasteiger partial charge in [-0.15, -0.1) is 0 Å². The lowest BCUT2D eigenvalue weighted by Gasteiger charge is -2.02. The molecule has 2 aromatic rings. The van der Waals surface area contributed by atoms with Crippen molar-refractivity contribution < 1.29 is 0 Å². The zero-order valence-corrected chi connectivity index (χ0v) is 9.10. The summed E-state index contributed by atoms with van der Waals surface area (Å²) < 4.78 is 0. The van der Waals surface area contributed by atoms with Gasteiger partial charge in [0.2, 0.25) is 0 Å². The summed E-state index contributed by atoms with van der Waals surface area (Å²) in [6.45, 7) is 1.99. The van der Waals surface area contributed by atoms with Gasteiger partial charge in [-0.3, -0.25) is 0 Å². The highest BCUT2D eigenvalue weighted by Crippen LogP contribution is 2.23. The molecule has 4 heteroatoms. The molecule has 0 saturated heterocycles. The Morgan fingerprint density at radius 3 is 2.71 bits per heavy atom. The Labute approximate surface area is 91.9 Å². The lowest BCUT2D eigenvalue weighted by Crippen LogP contribution is -1.94. The predicted octanol–water partition coefficient (Wildman–Crippen LogP) is 3.50. The lowest BCUT2D eigenvalue weighted by atomic mass is 10.2. The smallest absolute Gasteiger partial charge is 0.140 e. The molecule has 2 rings (SSSR count). The van der Waals surface area contributed by atoms with Crippen LogP contribution >= 0.6 is 23.2 Å². The molecule has 0 unspecified atom stereocenters. The number of benzene rings is 1. The predicted molar refractivity (Wildman–Crippen MR) is 58.9 cm³/mol. The number of aromatic nitrogens is 2. The summed E-state index contributed by atoms with van der Waals surface area (Å²) in [5.41, 5.74) is 0.800. The Bertz CT molecular complexity index is 483. The van der Waals surface area contributed by atoms with Crippen LogP contribution in [0.1, 0.15) is 12.7 Å². The average molecular weight is 227 g/mol. The summed E-state index contributed by atoms with van der Waals surface area (Å²) in [4.78, 5) is 8.50. The van der Waals surface area contributed by atoms with E-state index in [2.05, 4.69) is 9.97 Å². The van der Waals surface area contributed by atoms with Gasteiger partial charge in [0.05, 0.1) is 5.52 Å². The Kier molecular flexibility index (Phi) is 2.57. The van der Waals surface area contributed by atoms with E-state index >= 15 is 0 Å². The van der Waals surface area contributed by atoms with Crippen LogP contribution in [0.2, 0.25) is 10.2 Å². The molecule has 0 aliphatic carbocycles. The van der Waals surface area contributed by atoms with Crippen molar-refractivity contribution in [2.75, 3.05) is 0 Å². The Hall–Kier alpha value is -0.860. The number of fused-ring (bicyclic) bond motifs is 1. The molecule has 0 saturated carbocycles. The minimum atomic E-state index is 0.489. The van der Waals surface area contributed by atoms with Crippen LogP contribution in [0.25, 0.3) is 10.9 Å². The first-order valence-electron chi connectivity index (χ1n) is 4.32. The highest BCUT2D eigenvalue weighted by Gasteiger charge is 2.04. The van der Waals surface area contributed by atoms with E-state index < -0.39 is 0 Å². The van der Waals surface area contributed by atoms with Crippen LogP contribution in [0.5, 0.6) is 0 Å². The molecular weight excluding hydrogens is 219 g/mol. The molecule has 0 amide bonds. The van der Waals surface area contributed by atoms with E-state index in [1.807, 2.05) is 13.0 Å². The van der Waals surface area contributed by atoms with Crippen molar-refractivity contribution in [2.24, 2.45) is 0 Å². The van der Waals surface area contributed by atoms with Crippen LogP contribution in [-0.4, -0.2) is 9.97 Å². The molecule has 2 nitrogen and oxygen atoms in total. The van der Waals surface area contributed by atoms with E-state index in [1.54, 1.807) is 12.1 Å². The first-order valence-corrected chi connectivity index (χ1v) is 5.08. The van der Waals surface area contributed by atoms with E-state index in [1.165, 1.54) is 0 Å². The van der Waals surface area contributed by atoms with Crippen molar-refractivity contribution in [1.29, 1.82) is 0 Å². The van der Waals surface area contributed by atoms with Crippen molar-refractivity contribution >= 4 is 34.1 Å². The maximum atomic E-state index is 6.00. The maximum Gasteiger partial charge on any atom is 0.140 e. The molecule has 1 aromatic heterocycles. The van der Waals surface area contributed by atoms with Gasteiger partial charge >= 0.3 is 0 Å². The second-order valence-electron chi connectivity index (χ2n) is 2.95. The highest BCUT2D eigenvalue weighted by molar-refractivity contribution is 6.35. The van der Waals surface area contributed by atoms with E-state index in [0.29, 0.717) is 10.2 Å². The molecule has 0 aliphatic heterocycles. The van der Waals surface area contributed by atoms with Crippen LogP contribution in [0, 0.1) is 0 Å². The zero-order valence-electron chi connectivity index (χ0n) is 7.59. The van der Waals surface area contributed by atoms with Gasteiger partial charge < -0.3 is 0 Å². The second kappa shape index (κ2) is 3.71. The SMILES string of the molecule is CCc1nc(Cl)c2ccc(Cl)cc2n1. The highest BCUT2D eigenvalue weighted by atomic mass is 35.5. The van der Waals surface area contributed by atoms with Gasteiger partial charge in [0.1, 0.15) is 11.0 Å². The molecule has 1 aromatic carbocycles. The van der Waals surface area contributed by atoms with Crippen molar-refractivity contribution in [3.63, 3.8) is 0 Å². The molecule has 0 bridgehead atoms. The van der Waals surface area contributed by atoms with Gasteiger partial charge in [-0.05, 0) is 18.2 Å². The third kappa shape index (κ3) is 1.68. The van der Waals surface area contributed by atoms with E-state index in [-0.39, 0.29) is 0 Å². The molecule has 14 heavy (non-hydrogen) atoms. The van der Waals surface area contributed by atoms with Crippen LogP contribution in [0.4, 0.5) is 0 Å². The topological polar surface area (TPSA) is 25.8 Å². The number of hydrogen-bond acceptors (Lipinski definition) is 2. The summed E-state index contributed by atoms with van der Waals surface area (Å²) >= 11 is 11.9. The van der Waals surface area contributed by atoms with Crippen molar-refractivity contribution in [3.05, 3.63) is 34.2 Å². The summed E-state index contributed by atoms with van der Waals surface area (Å²) in [5, 5.41) is 1.99. The second-order valence-corrected chi connectivity index (χ2v) is 3.74. The molecule has 1 heterocycles. The van der Waals surface area contributed by atoms with Crippen molar-refractivity contribution in [1.82, 2.24) is 9.97 Å². The van der Waals surface area contributed by atoms with Crippen LogP contribution in [-0.2, 0) is 6.42 Å². The van der Waals surface area contributed by atoms with Crippen molar-refractivity contribution in [2.45, 2.75) is 13.3 Å². The fraction of sp³-hybridized carbons (Fsp3) is 0.200. The number of aryl methyl sites for hydroxylation is 1. The number of rotatable bonds is 1. The monoisotopic (exact) mass is 226 g/mol. The van der Waals surface area contributed by atoms with Gasteiger partial charge in [0, 0.05) is 16.8 Å². The van der Waals surface area contributed by atoms with E-state index in [0.717, 1.165) is 23.1 Å². The zero-order chi connectivity index (χ0) is 10.1. The van der Waals surface area contributed by atoms with Crippen LogP contribution < -0.4 is 0 Å². The minimum absolute atomic E-state index is 0.489. The van der Waals surface area contributed by atoms with E-state index in [9.17, 15) is 0 Å². The average Bonchev–Trinajstić information content (AvgIpc) is 2.16.